The Bertz CT molecular complexity index is 647. The minimum atomic E-state index is -0.505. The lowest BCUT2D eigenvalue weighted by Crippen LogP contribution is -2.35. The molecule has 4 nitrogen and oxygen atoms in total. The maximum absolute atomic E-state index is 13.0. The predicted octanol–water partition coefficient (Wildman–Crippen LogP) is 0.759. The molecule has 0 amide bonds. The van der Waals surface area contributed by atoms with E-state index in [-0.39, 0.29) is 11.9 Å². The van der Waals surface area contributed by atoms with Crippen LogP contribution in [0.25, 0.3) is 10.9 Å². The van der Waals surface area contributed by atoms with Crippen molar-refractivity contribution >= 4 is 23.5 Å². The van der Waals surface area contributed by atoms with Gasteiger partial charge >= 0.3 is 5.69 Å². The number of fused-ring (bicyclic) bond motifs is 1. The van der Waals surface area contributed by atoms with Crippen molar-refractivity contribution < 1.29 is 4.39 Å². The first-order chi connectivity index (χ1) is 7.63. The van der Waals surface area contributed by atoms with Crippen molar-refractivity contribution in [2.24, 2.45) is 0 Å². The first-order valence-electron chi connectivity index (χ1n) is 4.66. The van der Waals surface area contributed by atoms with Gasteiger partial charge in [0.15, 0.2) is 0 Å². The van der Waals surface area contributed by atoms with Gasteiger partial charge in [0.05, 0.1) is 10.9 Å². The first kappa shape index (κ1) is 10.9. The molecule has 2 aromatic rings. The summed E-state index contributed by atoms with van der Waals surface area (Å²) in [5.41, 5.74) is -0.655. The van der Waals surface area contributed by atoms with Crippen LogP contribution in [0.1, 0.15) is 0 Å². The Morgan fingerprint density at radius 3 is 2.81 bits per heavy atom. The number of hydrogen-bond donors (Lipinski definition) is 2. The monoisotopic (exact) mass is 240 g/mol. The lowest BCUT2D eigenvalue weighted by atomic mass is 10.2. The summed E-state index contributed by atoms with van der Waals surface area (Å²) in [4.78, 5) is 25.9. The van der Waals surface area contributed by atoms with Crippen LogP contribution in [0.15, 0.2) is 27.8 Å². The van der Waals surface area contributed by atoms with Crippen LogP contribution in [0.3, 0.4) is 0 Å². The van der Waals surface area contributed by atoms with E-state index in [0.717, 1.165) is 10.6 Å². The Morgan fingerprint density at radius 2 is 2.12 bits per heavy atom. The molecule has 0 saturated heterocycles. The lowest BCUT2D eigenvalue weighted by Gasteiger charge is -2.04. The van der Waals surface area contributed by atoms with Crippen molar-refractivity contribution in [3.63, 3.8) is 0 Å². The molecule has 1 N–H and O–H groups in total. The van der Waals surface area contributed by atoms with E-state index in [4.69, 9.17) is 0 Å². The van der Waals surface area contributed by atoms with Crippen LogP contribution in [-0.2, 0) is 6.54 Å². The second-order valence-electron chi connectivity index (χ2n) is 3.30. The zero-order valence-electron chi connectivity index (χ0n) is 8.24. The third-order valence-corrected chi connectivity index (χ3v) is 2.47. The third-order valence-electron chi connectivity index (χ3n) is 2.27. The van der Waals surface area contributed by atoms with E-state index in [2.05, 4.69) is 17.6 Å². The highest BCUT2D eigenvalue weighted by Crippen LogP contribution is 2.07. The van der Waals surface area contributed by atoms with Gasteiger partial charge in [0.1, 0.15) is 5.82 Å². The number of rotatable bonds is 2. The Balaban J connectivity index is 2.85. The van der Waals surface area contributed by atoms with E-state index >= 15 is 0 Å². The number of nitrogens with one attached hydrogen (secondary N) is 1. The molecule has 0 aliphatic heterocycles. The van der Waals surface area contributed by atoms with Crippen LogP contribution in [0, 0.1) is 5.82 Å². The van der Waals surface area contributed by atoms with Crippen molar-refractivity contribution in [3.8, 4) is 0 Å². The van der Waals surface area contributed by atoms with Gasteiger partial charge in [-0.2, -0.15) is 12.6 Å². The summed E-state index contributed by atoms with van der Waals surface area (Å²) in [6.45, 7) is 0.198. The fraction of sp³-hybridized carbons (Fsp3) is 0.200. The molecule has 0 aliphatic rings. The van der Waals surface area contributed by atoms with E-state index in [1.165, 1.54) is 12.1 Å². The molecule has 0 fully saturated rings. The molecule has 16 heavy (non-hydrogen) atoms. The van der Waals surface area contributed by atoms with Crippen LogP contribution in [-0.4, -0.2) is 15.3 Å². The van der Waals surface area contributed by atoms with Crippen molar-refractivity contribution in [2.45, 2.75) is 6.54 Å². The molecule has 6 heteroatoms. The van der Waals surface area contributed by atoms with Gasteiger partial charge in [0, 0.05) is 12.3 Å². The topological polar surface area (TPSA) is 54.9 Å². The van der Waals surface area contributed by atoms with E-state index in [1.54, 1.807) is 0 Å². The van der Waals surface area contributed by atoms with Crippen molar-refractivity contribution in [3.05, 3.63) is 44.9 Å². The fourth-order valence-electron chi connectivity index (χ4n) is 1.53. The number of nitrogens with zero attached hydrogens (tertiary/aromatic N) is 1. The van der Waals surface area contributed by atoms with Crippen LogP contribution in [0.4, 0.5) is 4.39 Å². The summed E-state index contributed by atoms with van der Waals surface area (Å²) in [6.07, 6.45) is 0. The molecule has 1 aromatic heterocycles. The highest BCUT2D eigenvalue weighted by molar-refractivity contribution is 7.80. The minimum Gasteiger partial charge on any atom is -0.307 e. The Morgan fingerprint density at radius 1 is 1.38 bits per heavy atom. The molecule has 0 bridgehead atoms. The van der Waals surface area contributed by atoms with Gasteiger partial charge in [0.25, 0.3) is 5.56 Å². The maximum atomic E-state index is 13.0. The predicted molar refractivity (Wildman–Crippen MR) is 62.6 cm³/mol. The van der Waals surface area contributed by atoms with E-state index in [9.17, 15) is 14.0 Å². The fourth-order valence-corrected chi connectivity index (χ4v) is 1.73. The smallest absolute Gasteiger partial charge is 0.307 e. The molecule has 0 saturated carbocycles. The zero-order chi connectivity index (χ0) is 11.7. The van der Waals surface area contributed by atoms with Gasteiger partial charge in [-0.15, -0.1) is 0 Å². The molecule has 1 aromatic carbocycles. The van der Waals surface area contributed by atoms with Crippen LogP contribution < -0.4 is 11.2 Å². The molecule has 0 radical (unpaired) electrons. The SMILES string of the molecule is O=c1[nH]c2ccc(F)cc2c(=O)n1CCS. The number of H-pyrrole nitrogens is 1. The number of aromatic nitrogens is 2. The maximum Gasteiger partial charge on any atom is 0.328 e. The molecule has 1 heterocycles. The summed E-state index contributed by atoms with van der Waals surface area (Å²) >= 11 is 3.95. The summed E-state index contributed by atoms with van der Waals surface area (Å²) in [5, 5.41) is 0.168. The Hall–Kier alpha value is -1.56. The molecule has 0 spiro atoms. The average Bonchev–Trinajstić information content (AvgIpc) is 2.26. The summed E-state index contributed by atoms with van der Waals surface area (Å²) in [7, 11) is 0. The van der Waals surface area contributed by atoms with Gasteiger partial charge in [-0.25, -0.2) is 9.18 Å². The van der Waals surface area contributed by atoms with Crippen molar-refractivity contribution in [1.82, 2.24) is 9.55 Å². The normalized spacial score (nSPS) is 10.9. The van der Waals surface area contributed by atoms with E-state index in [1.807, 2.05) is 0 Å². The molecular formula is C10H9FN2O2S. The highest BCUT2D eigenvalue weighted by Gasteiger charge is 2.07. The number of hydrogen-bond acceptors (Lipinski definition) is 3. The van der Waals surface area contributed by atoms with Crippen molar-refractivity contribution in [1.29, 1.82) is 0 Å². The second kappa shape index (κ2) is 4.13. The molecule has 0 atom stereocenters. The van der Waals surface area contributed by atoms with Crippen molar-refractivity contribution in [2.75, 3.05) is 5.75 Å². The standard InChI is InChI=1S/C10H9FN2O2S/c11-6-1-2-8-7(5-6)9(14)13(3-4-16)10(15)12-8/h1-2,5,16H,3-4H2,(H,12,15). The molecular weight excluding hydrogens is 231 g/mol. The number of aromatic amines is 1. The first-order valence-corrected chi connectivity index (χ1v) is 5.30. The van der Waals surface area contributed by atoms with Gasteiger partial charge in [-0.05, 0) is 18.2 Å². The van der Waals surface area contributed by atoms with Gasteiger partial charge in [0.2, 0.25) is 0 Å². The Labute approximate surface area is 95.1 Å². The molecule has 2 rings (SSSR count). The average molecular weight is 240 g/mol. The van der Waals surface area contributed by atoms with Gasteiger partial charge < -0.3 is 4.98 Å². The van der Waals surface area contributed by atoms with E-state index < -0.39 is 17.1 Å². The number of thiol groups is 1. The van der Waals surface area contributed by atoms with E-state index in [0.29, 0.717) is 11.3 Å². The van der Waals surface area contributed by atoms with Gasteiger partial charge in [-0.3, -0.25) is 9.36 Å². The molecule has 84 valence electrons. The Kier molecular flexibility index (Phi) is 2.82. The summed E-state index contributed by atoms with van der Waals surface area (Å²) in [6, 6.07) is 3.68. The lowest BCUT2D eigenvalue weighted by molar-refractivity contribution is 0.628. The molecule has 0 aliphatic carbocycles. The quantitative estimate of drug-likeness (QED) is 0.761. The largest absolute Gasteiger partial charge is 0.328 e. The van der Waals surface area contributed by atoms with Crippen LogP contribution >= 0.6 is 12.6 Å². The zero-order valence-corrected chi connectivity index (χ0v) is 9.13. The number of halogens is 1. The highest BCUT2D eigenvalue weighted by atomic mass is 32.1. The third kappa shape index (κ3) is 1.76. The minimum absolute atomic E-state index is 0.168. The second-order valence-corrected chi connectivity index (χ2v) is 3.75. The molecule has 0 unspecified atom stereocenters. The van der Waals surface area contributed by atoms with Crippen LogP contribution in [0.2, 0.25) is 0 Å². The number of benzene rings is 1. The van der Waals surface area contributed by atoms with Gasteiger partial charge in [-0.1, -0.05) is 0 Å². The summed E-state index contributed by atoms with van der Waals surface area (Å²) in [5.74, 6) is -0.141. The van der Waals surface area contributed by atoms with Crippen LogP contribution in [0.5, 0.6) is 0 Å². The summed E-state index contributed by atoms with van der Waals surface area (Å²) < 4.78 is 14.0.